The Morgan fingerprint density at radius 2 is 2.19 bits per heavy atom. The lowest BCUT2D eigenvalue weighted by atomic mass is 10.2. The minimum atomic E-state index is 0.539. The maximum Gasteiger partial charge on any atom is 0.119 e. The van der Waals surface area contributed by atoms with Gasteiger partial charge in [0.25, 0.3) is 0 Å². The van der Waals surface area contributed by atoms with Crippen LogP contribution in [0.1, 0.15) is 23.3 Å². The van der Waals surface area contributed by atoms with Crippen LogP contribution in [0.15, 0.2) is 40.2 Å². The number of nitriles is 1. The molecule has 3 nitrogen and oxygen atoms in total. The van der Waals surface area contributed by atoms with E-state index >= 15 is 0 Å². The Bertz CT molecular complexity index is 606. The standard InChI is InChI=1S/C16H17BrN2OS/c17-15-6-9-21-16(15)12-19-11-13-4-3-5-14(10-13)20-8-2-1-7-18/h3-6,9-10,19H,1-2,8,11-12H2. The lowest BCUT2D eigenvalue weighted by molar-refractivity contribution is 0.312. The van der Waals surface area contributed by atoms with Crippen molar-refractivity contribution >= 4 is 27.3 Å². The van der Waals surface area contributed by atoms with Crippen LogP contribution in [0.25, 0.3) is 0 Å². The minimum absolute atomic E-state index is 0.539. The van der Waals surface area contributed by atoms with Gasteiger partial charge in [-0.3, -0.25) is 0 Å². The summed E-state index contributed by atoms with van der Waals surface area (Å²) in [6.45, 7) is 2.25. The van der Waals surface area contributed by atoms with Crippen LogP contribution in [0, 0.1) is 11.3 Å². The molecule has 110 valence electrons. The third kappa shape index (κ3) is 5.50. The molecule has 0 saturated carbocycles. The van der Waals surface area contributed by atoms with Crippen molar-refractivity contribution in [1.29, 1.82) is 5.26 Å². The molecule has 0 spiro atoms. The Balaban J connectivity index is 1.78. The Morgan fingerprint density at radius 3 is 2.95 bits per heavy atom. The van der Waals surface area contributed by atoms with Gasteiger partial charge in [0.15, 0.2) is 0 Å². The fraction of sp³-hybridized carbons (Fsp3) is 0.312. The van der Waals surface area contributed by atoms with Gasteiger partial charge < -0.3 is 10.1 Å². The highest BCUT2D eigenvalue weighted by atomic mass is 79.9. The summed E-state index contributed by atoms with van der Waals surface area (Å²) in [6.07, 6.45) is 1.31. The third-order valence-electron chi connectivity index (χ3n) is 2.91. The molecule has 0 aliphatic carbocycles. The SMILES string of the molecule is N#CCCCOc1cccc(CNCc2sccc2Br)c1. The molecule has 1 N–H and O–H groups in total. The van der Waals surface area contributed by atoms with E-state index in [1.807, 2.05) is 18.2 Å². The molecule has 0 aliphatic rings. The number of thiophene rings is 1. The lowest BCUT2D eigenvalue weighted by Crippen LogP contribution is -2.12. The van der Waals surface area contributed by atoms with Crippen molar-refractivity contribution in [2.24, 2.45) is 0 Å². The molecule has 1 aromatic heterocycles. The molecular weight excluding hydrogens is 348 g/mol. The highest BCUT2D eigenvalue weighted by Gasteiger charge is 2.01. The van der Waals surface area contributed by atoms with Gasteiger partial charge in [0.05, 0.1) is 12.7 Å². The predicted molar refractivity (Wildman–Crippen MR) is 89.3 cm³/mol. The lowest BCUT2D eigenvalue weighted by Gasteiger charge is -2.08. The van der Waals surface area contributed by atoms with Crippen LogP contribution >= 0.6 is 27.3 Å². The van der Waals surface area contributed by atoms with Crippen LogP contribution in [0.3, 0.4) is 0 Å². The molecule has 1 aromatic carbocycles. The third-order valence-corrected chi connectivity index (χ3v) is 4.83. The molecule has 0 fully saturated rings. The molecule has 0 radical (unpaired) electrons. The van der Waals surface area contributed by atoms with E-state index in [1.54, 1.807) is 11.3 Å². The fourth-order valence-corrected chi connectivity index (χ4v) is 3.32. The maximum atomic E-state index is 8.49. The highest BCUT2D eigenvalue weighted by Crippen LogP contribution is 2.22. The molecule has 0 saturated heterocycles. The molecule has 0 unspecified atom stereocenters. The number of halogens is 1. The Labute approximate surface area is 137 Å². The summed E-state index contributed by atoms with van der Waals surface area (Å²) in [7, 11) is 0. The number of hydrogen-bond donors (Lipinski definition) is 1. The highest BCUT2D eigenvalue weighted by molar-refractivity contribution is 9.10. The zero-order valence-electron chi connectivity index (χ0n) is 11.6. The first kappa shape index (κ1) is 16.0. The molecule has 0 amide bonds. The van der Waals surface area contributed by atoms with Gasteiger partial charge in [-0.05, 0) is 51.5 Å². The van der Waals surface area contributed by atoms with Gasteiger partial charge in [-0.15, -0.1) is 11.3 Å². The van der Waals surface area contributed by atoms with Gasteiger partial charge in [-0.2, -0.15) is 5.26 Å². The Hall–Kier alpha value is -1.35. The minimum Gasteiger partial charge on any atom is -0.494 e. The van der Waals surface area contributed by atoms with Crippen molar-refractivity contribution in [2.45, 2.75) is 25.9 Å². The zero-order chi connectivity index (χ0) is 14.9. The first-order chi connectivity index (χ1) is 10.3. The summed E-state index contributed by atoms with van der Waals surface area (Å²) in [5.41, 5.74) is 1.19. The quantitative estimate of drug-likeness (QED) is 0.702. The van der Waals surface area contributed by atoms with Crippen molar-refractivity contribution in [1.82, 2.24) is 5.32 Å². The topological polar surface area (TPSA) is 45.0 Å². The van der Waals surface area contributed by atoms with E-state index in [1.165, 1.54) is 10.4 Å². The maximum absolute atomic E-state index is 8.49. The van der Waals surface area contributed by atoms with E-state index in [2.05, 4.69) is 44.8 Å². The molecule has 2 rings (SSSR count). The number of hydrogen-bond acceptors (Lipinski definition) is 4. The summed E-state index contributed by atoms with van der Waals surface area (Å²) in [4.78, 5) is 1.30. The van der Waals surface area contributed by atoms with Gasteiger partial charge in [0.1, 0.15) is 5.75 Å². The molecular formula is C16H17BrN2OS. The van der Waals surface area contributed by atoms with Crippen LogP contribution in [0.2, 0.25) is 0 Å². The van der Waals surface area contributed by atoms with E-state index in [9.17, 15) is 0 Å². The number of ether oxygens (including phenoxy) is 1. The van der Waals surface area contributed by atoms with E-state index < -0.39 is 0 Å². The van der Waals surface area contributed by atoms with Gasteiger partial charge >= 0.3 is 0 Å². The molecule has 2 aromatic rings. The molecule has 0 aliphatic heterocycles. The summed E-state index contributed by atoms with van der Waals surface area (Å²) in [5, 5.41) is 14.0. The molecule has 21 heavy (non-hydrogen) atoms. The first-order valence-electron chi connectivity index (χ1n) is 6.81. The predicted octanol–water partition coefficient (Wildman–Crippen LogP) is 4.48. The molecule has 1 heterocycles. The van der Waals surface area contributed by atoms with Gasteiger partial charge in [-0.25, -0.2) is 0 Å². The first-order valence-corrected chi connectivity index (χ1v) is 8.48. The van der Waals surface area contributed by atoms with Crippen molar-refractivity contribution in [2.75, 3.05) is 6.61 Å². The summed E-state index contributed by atoms with van der Waals surface area (Å²) in [5.74, 6) is 0.865. The average Bonchev–Trinajstić information content (AvgIpc) is 2.90. The van der Waals surface area contributed by atoms with Crippen molar-refractivity contribution < 1.29 is 4.74 Å². The van der Waals surface area contributed by atoms with Gasteiger partial charge in [0, 0.05) is 28.9 Å². The van der Waals surface area contributed by atoms with E-state index in [4.69, 9.17) is 10.00 Å². The van der Waals surface area contributed by atoms with Crippen LogP contribution in [0.5, 0.6) is 5.75 Å². The number of unbranched alkanes of at least 4 members (excludes halogenated alkanes) is 1. The normalized spacial score (nSPS) is 10.3. The Kier molecular flexibility index (Phi) is 6.74. The number of nitrogens with zero attached hydrogens (tertiary/aromatic N) is 1. The second-order valence-electron chi connectivity index (χ2n) is 4.55. The zero-order valence-corrected chi connectivity index (χ0v) is 14.0. The summed E-state index contributed by atoms with van der Waals surface area (Å²) < 4.78 is 6.80. The monoisotopic (exact) mass is 364 g/mol. The van der Waals surface area contributed by atoms with E-state index in [0.717, 1.165) is 29.7 Å². The van der Waals surface area contributed by atoms with Crippen LogP contribution in [-0.4, -0.2) is 6.61 Å². The summed E-state index contributed by atoms with van der Waals surface area (Å²) >= 11 is 5.28. The average molecular weight is 365 g/mol. The van der Waals surface area contributed by atoms with Crippen molar-refractivity contribution in [3.8, 4) is 11.8 Å². The van der Waals surface area contributed by atoms with E-state index in [-0.39, 0.29) is 0 Å². The van der Waals surface area contributed by atoms with Crippen molar-refractivity contribution in [3.63, 3.8) is 0 Å². The molecule has 5 heteroatoms. The van der Waals surface area contributed by atoms with Gasteiger partial charge in [-0.1, -0.05) is 12.1 Å². The number of nitrogens with one attached hydrogen (secondary N) is 1. The Morgan fingerprint density at radius 1 is 1.29 bits per heavy atom. The largest absolute Gasteiger partial charge is 0.494 e. The second kappa shape index (κ2) is 8.83. The second-order valence-corrected chi connectivity index (χ2v) is 6.41. The van der Waals surface area contributed by atoms with Crippen LogP contribution < -0.4 is 10.1 Å². The van der Waals surface area contributed by atoms with Crippen LogP contribution in [-0.2, 0) is 13.1 Å². The smallest absolute Gasteiger partial charge is 0.119 e. The van der Waals surface area contributed by atoms with E-state index in [0.29, 0.717) is 13.0 Å². The molecule has 0 atom stereocenters. The number of rotatable bonds is 8. The fourth-order valence-electron chi connectivity index (χ4n) is 1.86. The molecule has 0 bridgehead atoms. The summed E-state index contributed by atoms with van der Waals surface area (Å²) in [6, 6.07) is 12.3. The van der Waals surface area contributed by atoms with Crippen molar-refractivity contribution in [3.05, 3.63) is 50.6 Å². The number of benzene rings is 1. The van der Waals surface area contributed by atoms with Gasteiger partial charge in [0.2, 0.25) is 0 Å². The van der Waals surface area contributed by atoms with Crippen LogP contribution in [0.4, 0.5) is 0 Å².